The molecule has 0 unspecified atom stereocenters. The first-order valence-electron chi connectivity index (χ1n) is 14.7. The second-order valence-electron chi connectivity index (χ2n) is 11.6. The first-order valence-corrected chi connectivity index (χ1v) is 16.2. The van der Waals surface area contributed by atoms with E-state index in [2.05, 4.69) is 10.6 Å². The maximum atomic E-state index is 13.9. The molecule has 0 spiro atoms. The molecule has 2 aromatic carbocycles. The molecular formula is C30H42N4O8S. The molecule has 0 aliphatic carbocycles. The fourth-order valence-corrected chi connectivity index (χ4v) is 7.33. The van der Waals surface area contributed by atoms with Gasteiger partial charge in [0.15, 0.2) is 6.29 Å². The summed E-state index contributed by atoms with van der Waals surface area (Å²) in [5.74, 6) is 1.33. The molecule has 43 heavy (non-hydrogen) atoms. The van der Waals surface area contributed by atoms with Gasteiger partial charge < -0.3 is 40.1 Å². The molecule has 5 atom stereocenters. The highest BCUT2D eigenvalue weighted by Crippen LogP contribution is 2.33. The topological polar surface area (TPSA) is 151 Å². The highest BCUT2D eigenvalue weighted by molar-refractivity contribution is 7.89. The van der Waals surface area contributed by atoms with E-state index in [0.717, 1.165) is 12.0 Å². The third-order valence-corrected chi connectivity index (χ3v) is 9.75. The normalized spacial score (nSPS) is 22.7. The van der Waals surface area contributed by atoms with Crippen LogP contribution in [0.25, 0.3) is 0 Å². The fraction of sp³-hybridized carbons (Fsp3) is 0.567. The number of sulfonamides is 1. The Balaban J connectivity index is 1.35. The van der Waals surface area contributed by atoms with Crippen LogP contribution in [0.2, 0.25) is 0 Å². The number of nitrogens with zero attached hydrogens (tertiary/aromatic N) is 1. The van der Waals surface area contributed by atoms with Crippen LogP contribution in [-0.4, -0.2) is 89.9 Å². The number of amides is 1. The molecule has 13 heteroatoms. The smallest absolute Gasteiger partial charge is 0.407 e. The molecule has 1 amide bonds. The summed E-state index contributed by atoms with van der Waals surface area (Å²) in [6, 6.07) is 10.9. The molecule has 3 heterocycles. The SMILES string of the molecule is COc1ccc(C[C@H](NC(=O)O[C@H]2CO[C@H]3OCC[C@H]32)[C@H](N)CN(CC(C)C)S(=O)(=O)c2ccc3c(c2)NCCO3)cc1. The van der Waals surface area contributed by atoms with Crippen LogP contribution in [0.5, 0.6) is 11.5 Å². The van der Waals surface area contributed by atoms with Crippen molar-refractivity contribution in [1.29, 1.82) is 0 Å². The molecule has 12 nitrogen and oxygen atoms in total. The molecule has 3 aliphatic rings. The lowest BCUT2D eigenvalue weighted by molar-refractivity contribution is -0.0907. The number of rotatable bonds is 12. The van der Waals surface area contributed by atoms with E-state index in [-0.39, 0.29) is 42.7 Å². The van der Waals surface area contributed by atoms with Gasteiger partial charge in [0.05, 0.1) is 42.9 Å². The number of ether oxygens (including phenoxy) is 5. The number of carbonyl (C=O) groups excluding carboxylic acids is 1. The maximum Gasteiger partial charge on any atom is 0.407 e. The minimum absolute atomic E-state index is 0.0114. The summed E-state index contributed by atoms with van der Waals surface area (Å²) >= 11 is 0. The van der Waals surface area contributed by atoms with Crippen LogP contribution in [0.4, 0.5) is 10.5 Å². The Labute approximate surface area is 253 Å². The van der Waals surface area contributed by atoms with Gasteiger partial charge in [0, 0.05) is 25.7 Å². The third kappa shape index (κ3) is 7.52. The quantitative estimate of drug-likeness (QED) is 0.324. The Morgan fingerprint density at radius 1 is 1.14 bits per heavy atom. The van der Waals surface area contributed by atoms with Gasteiger partial charge in [0.2, 0.25) is 10.0 Å². The number of hydrogen-bond donors (Lipinski definition) is 3. The Hall–Kier alpha value is -3.10. The molecule has 2 saturated heterocycles. The van der Waals surface area contributed by atoms with E-state index < -0.39 is 34.3 Å². The van der Waals surface area contributed by atoms with Crippen LogP contribution in [0.1, 0.15) is 25.8 Å². The zero-order chi connectivity index (χ0) is 30.6. The van der Waals surface area contributed by atoms with E-state index in [1.165, 1.54) is 4.31 Å². The number of hydrogen-bond acceptors (Lipinski definition) is 10. The van der Waals surface area contributed by atoms with Crippen molar-refractivity contribution >= 4 is 21.8 Å². The maximum absolute atomic E-state index is 13.9. The first-order chi connectivity index (χ1) is 20.6. The summed E-state index contributed by atoms with van der Waals surface area (Å²) < 4.78 is 57.1. The first kappa shape index (κ1) is 31.3. The lowest BCUT2D eigenvalue weighted by Gasteiger charge is -2.32. The van der Waals surface area contributed by atoms with Crippen molar-refractivity contribution in [3.63, 3.8) is 0 Å². The van der Waals surface area contributed by atoms with E-state index >= 15 is 0 Å². The number of fused-ring (bicyclic) bond motifs is 2. The Morgan fingerprint density at radius 2 is 1.93 bits per heavy atom. The average Bonchev–Trinajstić information content (AvgIpc) is 3.61. The molecule has 0 aromatic heterocycles. The summed E-state index contributed by atoms with van der Waals surface area (Å²) in [4.78, 5) is 13.3. The Morgan fingerprint density at radius 3 is 2.67 bits per heavy atom. The highest BCUT2D eigenvalue weighted by Gasteiger charge is 2.44. The number of benzene rings is 2. The number of anilines is 1. The summed E-state index contributed by atoms with van der Waals surface area (Å²) in [6.07, 6.45) is -0.301. The largest absolute Gasteiger partial charge is 0.497 e. The van der Waals surface area contributed by atoms with Crippen LogP contribution < -0.4 is 25.8 Å². The van der Waals surface area contributed by atoms with Gasteiger partial charge in [-0.3, -0.25) is 0 Å². The third-order valence-electron chi connectivity index (χ3n) is 7.93. The molecular weight excluding hydrogens is 576 g/mol. The van der Waals surface area contributed by atoms with E-state index in [4.69, 9.17) is 29.4 Å². The molecule has 236 valence electrons. The van der Waals surface area contributed by atoms with Crippen molar-refractivity contribution in [3.8, 4) is 11.5 Å². The van der Waals surface area contributed by atoms with Crippen LogP contribution >= 0.6 is 0 Å². The van der Waals surface area contributed by atoms with Gasteiger partial charge in [-0.1, -0.05) is 26.0 Å². The second kappa shape index (κ2) is 13.7. The summed E-state index contributed by atoms with van der Waals surface area (Å²) in [5, 5.41) is 6.12. The van der Waals surface area contributed by atoms with Crippen molar-refractivity contribution in [3.05, 3.63) is 48.0 Å². The predicted molar refractivity (Wildman–Crippen MR) is 160 cm³/mol. The minimum atomic E-state index is -3.93. The van der Waals surface area contributed by atoms with Crippen molar-refractivity contribution in [2.75, 3.05) is 51.9 Å². The molecule has 3 aliphatic heterocycles. The minimum Gasteiger partial charge on any atom is -0.497 e. The molecule has 0 radical (unpaired) electrons. The summed E-state index contributed by atoms with van der Waals surface area (Å²) in [5.41, 5.74) is 8.28. The fourth-order valence-electron chi connectivity index (χ4n) is 5.67. The van der Waals surface area contributed by atoms with Gasteiger partial charge in [-0.2, -0.15) is 4.31 Å². The van der Waals surface area contributed by atoms with Crippen LogP contribution in [0.15, 0.2) is 47.4 Å². The molecule has 0 saturated carbocycles. The number of alkyl carbamates (subject to hydrolysis) is 1. The molecule has 2 aromatic rings. The molecule has 0 bridgehead atoms. The standard InChI is InChI=1S/C30H42N4O8S/c1-19(2)16-34(43(36,37)22-8-9-27-26(15-22)32-11-13-39-27)17-24(31)25(14-20-4-6-21(38-3)7-5-20)33-30(35)42-28-18-41-29-23(28)10-12-40-29/h4-9,15,19,23-25,28-29,32H,10-14,16-18,31H2,1-3H3,(H,33,35)/t23-,24+,25-,28-,29+/m0/s1. The van der Waals surface area contributed by atoms with Gasteiger partial charge in [-0.25, -0.2) is 13.2 Å². The van der Waals surface area contributed by atoms with E-state index in [1.807, 2.05) is 38.1 Å². The lowest BCUT2D eigenvalue weighted by atomic mass is 9.99. The van der Waals surface area contributed by atoms with Crippen LogP contribution in [0, 0.1) is 11.8 Å². The summed E-state index contributed by atoms with van der Waals surface area (Å²) in [6.45, 7) is 6.06. The highest BCUT2D eigenvalue weighted by atomic mass is 32.2. The lowest BCUT2D eigenvalue weighted by Crippen LogP contribution is -2.55. The molecule has 4 N–H and O–H groups in total. The molecule has 2 fully saturated rings. The number of nitrogens with one attached hydrogen (secondary N) is 2. The van der Waals surface area contributed by atoms with E-state index in [1.54, 1.807) is 25.3 Å². The van der Waals surface area contributed by atoms with Crippen molar-refractivity contribution in [2.24, 2.45) is 17.6 Å². The second-order valence-corrected chi connectivity index (χ2v) is 13.5. The predicted octanol–water partition coefficient (Wildman–Crippen LogP) is 2.57. The number of nitrogens with two attached hydrogens (primary N) is 1. The van der Waals surface area contributed by atoms with E-state index in [0.29, 0.717) is 43.4 Å². The van der Waals surface area contributed by atoms with Crippen molar-refractivity contribution in [2.45, 2.75) is 56.1 Å². The molecule has 5 rings (SSSR count). The zero-order valence-electron chi connectivity index (χ0n) is 24.9. The van der Waals surface area contributed by atoms with Crippen LogP contribution in [0.3, 0.4) is 0 Å². The van der Waals surface area contributed by atoms with Crippen molar-refractivity contribution in [1.82, 2.24) is 9.62 Å². The van der Waals surface area contributed by atoms with Gasteiger partial charge in [-0.05, 0) is 54.7 Å². The Kier molecular flexibility index (Phi) is 9.97. The monoisotopic (exact) mass is 618 g/mol. The van der Waals surface area contributed by atoms with Gasteiger partial charge in [0.1, 0.15) is 24.2 Å². The Bertz CT molecular complexity index is 1360. The van der Waals surface area contributed by atoms with Crippen molar-refractivity contribution < 1.29 is 36.9 Å². The van der Waals surface area contributed by atoms with Crippen LogP contribution in [-0.2, 0) is 30.7 Å². The van der Waals surface area contributed by atoms with Gasteiger partial charge in [0.25, 0.3) is 0 Å². The van der Waals surface area contributed by atoms with Gasteiger partial charge >= 0.3 is 6.09 Å². The van der Waals surface area contributed by atoms with Gasteiger partial charge in [-0.15, -0.1) is 0 Å². The van der Waals surface area contributed by atoms with E-state index in [9.17, 15) is 13.2 Å². The summed E-state index contributed by atoms with van der Waals surface area (Å²) in [7, 11) is -2.34. The number of methoxy groups -OCH3 is 1. The average molecular weight is 619 g/mol. The number of carbonyl (C=O) groups is 1. The zero-order valence-corrected chi connectivity index (χ0v) is 25.7.